The Morgan fingerprint density at radius 1 is 0.556 bits per heavy atom. The topological polar surface area (TPSA) is 362 Å². The van der Waals surface area contributed by atoms with Gasteiger partial charge in [-0.25, -0.2) is 0 Å². The van der Waals surface area contributed by atoms with Gasteiger partial charge in [-0.05, 0) is 49.4 Å². The highest BCUT2D eigenvalue weighted by Crippen LogP contribution is 2.14. The number of nitrogens with one attached hydrogen (secondary N) is 7. The van der Waals surface area contributed by atoms with Crippen molar-refractivity contribution >= 4 is 59.2 Å². The molecule has 0 radical (unpaired) electrons. The quantitative estimate of drug-likeness (QED) is 0.0490. The number of aliphatic carboxylic acids is 2. The highest BCUT2D eigenvalue weighted by molar-refractivity contribution is 5.98. The summed E-state index contributed by atoms with van der Waals surface area (Å²) in [6.07, 6.45) is -3.98. The monoisotopic (exact) mass is 884 g/mol. The highest BCUT2D eigenvalue weighted by Gasteiger charge is 2.36. The molecule has 0 saturated heterocycles. The minimum Gasteiger partial charge on any atom is -0.508 e. The molecule has 0 aromatic heterocycles. The molecule has 0 saturated carbocycles. The van der Waals surface area contributed by atoms with Crippen molar-refractivity contribution in [3.63, 3.8) is 0 Å². The molecule has 0 fully saturated rings. The van der Waals surface area contributed by atoms with Crippen LogP contribution in [-0.2, 0) is 60.8 Å². The van der Waals surface area contributed by atoms with E-state index in [1.807, 2.05) is 0 Å². The van der Waals surface area contributed by atoms with Crippen molar-refractivity contribution in [1.29, 1.82) is 0 Å². The number of phenolic OH excluding ortho intramolecular Hbond substituents is 1. The summed E-state index contributed by atoms with van der Waals surface area (Å²) < 4.78 is 0. The van der Waals surface area contributed by atoms with Crippen LogP contribution in [0.1, 0.15) is 65.0 Å². The number of phenols is 1. The van der Waals surface area contributed by atoms with Crippen LogP contribution in [0, 0.1) is 5.92 Å². The molecule has 8 amide bonds. The number of rotatable bonds is 25. The van der Waals surface area contributed by atoms with Gasteiger partial charge in [-0.3, -0.25) is 47.9 Å². The summed E-state index contributed by atoms with van der Waals surface area (Å²) in [5.41, 5.74) is 6.22. The van der Waals surface area contributed by atoms with Crippen LogP contribution in [0.2, 0.25) is 0 Å². The lowest BCUT2D eigenvalue weighted by molar-refractivity contribution is -0.141. The Morgan fingerprint density at radius 3 is 1.51 bits per heavy atom. The number of benzene rings is 2. The van der Waals surface area contributed by atoms with Crippen LogP contribution in [0.3, 0.4) is 0 Å². The summed E-state index contributed by atoms with van der Waals surface area (Å²) in [4.78, 5) is 128. The third kappa shape index (κ3) is 18.2. The van der Waals surface area contributed by atoms with Crippen LogP contribution in [0.5, 0.6) is 5.75 Å². The van der Waals surface area contributed by atoms with Crippen molar-refractivity contribution in [2.24, 2.45) is 11.7 Å². The van der Waals surface area contributed by atoms with E-state index in [4.69, 9.17) is 5.73 Å². The second-order valence-electron chi connectivity index (χ2n) is 15.1. The van der Waals surface area contributed by atoms with Crippen molar-refractivity contribution in [3.05, 3.63) is 65.7 Å². The molecule has 0 spiro atoms. The van der Waals surface area contributed by atoms with Crippen molar-refractivity contribution in [3.8, 4) is 5.75 Å². The number of hydrogen-bond acceptors (Lipinski definition) is 12. The summed E-state index contributed by atoms with van der Waals surface area (Å²) in [6, 6.07) is 3.32. The van der Waals surface area contributed by atoms with Gasteiger partial charge in [-0.15, -0.1) is 0 Å². The van der Waals surface area contributed by atoms with E-state index in [0.717, 1.165) is 13.8 Å². The van der Waals surface area contributed by atoms with Gasteiger partial charge in [0.25, 0.3) is 0 Å². The van der Waals surface area contributed by atoms with Gasteiger partial charge in [0.05, 0.1) is 12.5 Å². The normalized spacial score (nSPS) is 14.7. The molecular formula is C41H56N8O14. The Hall–Kier alpha value is -7.10. The molecule has 0 aliphatic rings. The predicted octanol–water partition coefficient (Wildman–Crippen LogP) is -2.53. The summed E-state index contributed by atoms with van der Waals surface area (Å²) in [7, 11) is 0. The fourth-order valence-electron chi connectivity index (χ4n) is 5.98. The lowest BCUT2D eigenvalue weighted by Crippen LogP contribution is -2.62. The second kappa shape index (κ2) is 25.0. The lowest BCUT2D eigenvalue weighted by atomic mass is 9.99. The second-order valence-corrected chi connectivity index (χ2v) is 15.1. The van der Waals surface area contributed by atoms with Crippen LogP contribution in [0.15, 0.2) is 54.6 Å². The molecule has 13 N–H and O–H groups in total. The van der Waals surface area contributed by atoms with Gasteiger partial charge in [-0.2, -0.15) is 0 Å². The minimum absolute atomic E-state index is 0.105. The zero-order chi connectivity index (χ0) is 47.6. The number of carboxylic acid groups (broad SMARTS) is 2. The van der Waals surface area contributed by atoms with Crippen LogP contribution < -0.4 is 43.0 Å². The fourth-order valence-corrected chi connectivity index (χ4v) is 5.98. The van der Waals surface area contributed by atoms with E-state index in [-0.39, 0.29) is 18.6 Å². The number of aliphatic hydroxyl groups excluding tert-OH is 1. The Bertz CT molecular complexity index is 1960. The number of amides is 8. The average Bonchev–Trinajstić information content (AvgIpc) is 3.19. The molecular weight excluding hydrogens is 828 g/mol. The van der Waals surface area contributed by atoms with Crippen LogP contribution in [-0.4, -0.2) is 128 Å². The standard InChI is InChI=1S/C41H56N8O14/c1-20(2)33(40(62)45-28(35(42)57)19-32(55)56)48-39(61)30(18-25-11-13-26(52)14-12-25)46-38(60)29(17-24-9-7-6-8-10-24)47-41(63)34(22(4)50)49-37(59)27(15-16-31(53)54)44-36(58)21(3)43-23(5)51/h6-14,20-22,27-30,33-34,50,52H,15-19H2,1-5H3,(H2,42,57)(H,43,51)(H,44,58)(H,45,62)(H,46,60)(H,47,63)(H,48,61)(H,49,59)(H,53,54)(H,55,56)/t21-,22+,27-,28-,29-,30-,33-,34?/m0/s1. The maximum atomic E-state index is 14.2. The van der Waals surface area contributed by atoms with E-state index < -0.39 is 133 Å². The van der Waals surface area contributed by atoms with Gasteiger partial charge in [0.1, 0.15) is 48.0 Å². The number of aromatic hydroxyl groups is 1. The van der Waals surface area contributed by atoms with Gasteiger partial charge in [0.2, 0.25) is 47.3 Å². The zero-order valence-corrected chi connectivity index (χ0v) is 35.4. The largest absolute Gasteiger partial charge is 0.508 e. The van der Waals surface area contributed by atoms with Gasteiger partial charge >= 0.3 is 11.9 Å². The first-order valence-electron chi connectivity index (χ1n) is 19.8. The molecule has 63 heavy (non-hydrogen) atoms. The van der Waals surface area contributed by atoms with E-state index in [1.54, 1.807) is 44.2 Å². The molecule has 2 rings (SSSR count). The third-order valence-corrected chi connectivity index (χ3v) is 9.37. The van der Waals surface area contributed by atoms with Gasteiger partial charge in [0.15, 0.2) is 0 Å². The number of nitrogens with two attached hydrogens (primary N) is 1. The van der Waals surface area contributed by atoms with Gasteiger partial charge in [0, 0.05) is 26.2 Å². The molecule has 0 bridgehead atoms. The summed E-state index contributed by atoms with van der Waals surface area (Å²) in [5, 5.41) is 55.7. The lowest BCUT2D eigenvalue weighted by Gasteiger charge is -2.29. The summed E-state index contributed by atoms with van der Waals surface area (Å²) >= 11 is 0. The minimum atomic E-state index is -1.80. The molecule has 22 nitrogen and oxygen atoms in total. The SMILES string of the molecule is CC(=O)N[C@@H](C)C(=O)N[C@@H](CCC(=O)O)C(=O)NC(C(=O)N[C@@H](Cc1ccccc1)C(=O)N[C@@H](Cc1ccc(O)cc1)C(=O)N[C@H](C(=O)N[C@@H](CC(=O)O)C(N)=O)C(C)C)[C@@H](C)O. The first kappa shape index (κ1) is 52.0. The molecule has 0 aliphatic carbocycles. The number of primary amides is 1. The van der Waals surface area contributed by atoms with Crippen LogP contribution in [0.25, 0.3) is 0 Å². The maximum Gasteiger partial charge on any atom is 0.305 e. The van der Waals surface area contributed by atoms with Crippen LogP contribution in [0.4, 0.5) is 0 Å². The fraction of sp³-hybridized carbons (Fsp3) is 0.463. The Balaban J connectivity index is 2.49. The maximum absolute atomic E-state index is 14.2. The molecule has 22 heteroatoms. The molecule has 1 unspecified atom stereocenters. The Kier molecular flexibility index (Phi) is 20.6. The van der Waals surface area contributed by atoms with E-state index in [1.165, 1.54) is 31.2 Å². The molecule has 2 aromatic carbocycles. The molecule has 2 aromatic rings. The van der Waals surface area contributed by atoms with E-state index in [0.29, 0.717) is 11.1 Å². The third-order valence-electron chi connectivity index (χ3n) is 9.37. The number of carbonyl (C=O) groups is 10. The first-order chi connectivity index (χ1) is 29.5. The summed E-state index contributed by atoms with van der Waals surface area (Å²) in [6.45, 7) is 6.71. The highest BCUT2D eigenvalue weighted by atomic mass is 16.4. The molecule has 0 heterocycles. The van der Waals surface area contributed by atoms with Gasteiger partial charge in [-0.1, -0.05) is 56.3 Å². The van der Waals surface area contributed by atoms with Crippen LogP contribution >= 0.6 is 0 Å². The van der Waals surface area contributed by atoms with Crippen molar-refractivity contribution in [1.82, 2.24) is 37.2 Å². The van der Waals surface area contributed by atoms with Crippen molar-refractivity contribution in [2.45, 2.75) is 115 Å². The predicted molar refractivity (Wildman–Crippen MR) is 222 cm³/mol. The van der Waals surface area contributed by atoms with Gasteiger partial charge < -0.3 is 63.4 Å². The van der Waals surface area contributed by atoms with Crippen molar-refractivity contribution in [2.75, 3.05) is 0 Å². The average molecular weight is 885 g/mol. The number of carboxylic acids is 2. The summed E-state index contributed by atoms with van der Waals surface area (Å²) in [5.74, 6) is -11.1. The number of aliphatic hydroxyl groups is 1. The first-order valence-corrected chi connectivity index (χ1v) is 19.8. The molecule has 0 aliphatic heterocycles. The zero-order valence-electron chi connectivity index (χ0n) is 35.4. The molecule has 344 valence electrons. The van der Waals surface area contributed by atoms with E-state index in [9.17, 15) is 68.4 Å². The van der Waals surface area contributed by atoms with E-state index >= 15 is 0 Å². The van der Waals surface area contributed by atoms with E-state index in [2.05, 4.69) is 37.2 Å². The molecule has 8 atom stereocenters. The number of carbonyl (C=O) groups excluding carboxylic acids is 8. The Labute approximate surface area is 362 Å². The smallest absolute Gasteiger partial charge is 0.305 e. The van der Waals surface area contributed by atoms with Crippen molar-refractivity contribution < 1.29 is 68.4 Å². The Morgan fingerprint density at radius 2 is 1.02 bits per heavy atom. The number of hydrogen-bond donors (Lipinski definition) is 12.